The summed E-state index contributed by atoms with van der Waals surface area (Å²) in [4.78, 5) is 2.60. The van der Waals surface area contributed by atoms with E-state index in [1.165, 1.54) is 31.1 Å². The Morgan fingerprint density at radius 1 is 1.27 bits per heavy atom. The quantitative estimate of drug-likeness (QED) is 0.735. The van der Waals surface area contributed by atoms with Gasteiger partial charge in [-0.3, -0.25) is 4.90 Å². The van der Waals surface area contributed by atoms with Crippen LogP contribution in [0.2, 0.25) is 0 Å². The fourth-order valence-electron chi connectivity index (χ4n) is 2.90. The Morgan fingerprint density at radius 3 is 2.27 bits per heavy atom. The normalized spacial score (nSPS) is 36.2. The average Bonchev–Trinajstić information content (AvgIpc) is 2.10. The zero-order valence-electron chi connectivity index (χ0n) is 9.84. The van der Waals surface area contributed by atoms with Gasteiger partial charge in [-0.25, -0.2) is 0 Å². The molecule has 88 valence electrons. The number of morpholine rings is 1. The third kappa shape index (κ3) is 2.75. The third-order valence-corrected chi connectivity index (χ3v) is 4.94. The van der Waals surface area contributed by atoms with Crippen molar-refractivity contribution in [1.29, 1.82) is 0 Å². The van der Waals surface area contributed by atoms with Gasteiger partial charge in [0.25, 0.3) is 0 Å². The molecule has 0 bridgehead atoms. The fourth-order valence-corrected chi connectivity index (χ4v) is 3.64. The molecule has 0 spiro atoms. The summed E-state index contributed by atoms with van der Waals surface area (Å²) in [5, 5.41) is 1.17. The van der Waals surface area contributed by atoms with Gasteiger partial charge in [0.15, 0.2) is 0 Å². The molecule has 2 fully saturated rings. The van der Waals surface area contributed by atoms with Crippen molar-refractivity contribution in [2.24, 2.45) is 5.41 Å². The molecular formula is C12H22BrNO. The molecule has 0 aromatic heterocycles. The van der Waals surface area contributed by atoms with Crippen LogP contribution in [0.4, 0.5) is 0 Å². The van der Waals surface area contributed by atoms with Gasteiger partial charge in [0.05, 0.1) is 12.2 Å². The molecule has 2 atom stereocenters. The van der Waals surface area contributed by atoms with Gasteiger partial charge in [-0.1, -0.05) is 22.4 Å². The molecule has 2 nitrogen and oxygen atoms in total. The lowest BCUT2D eigenvalue weighted by molar-refractivity contribution is -0.0819. The van der Waals surface area contributed by atoms with Crippen molar-refractivity contribution in [3.63, 3.8) is 0 Å². The first kappa shape index (κ1) is 11.9. The van der Waals surface area contributed by atoms with Crippen molar-refractivity contribution in [2.75, 3.05) is 25.0 Å². The van der Waals surface area contributed by atoms with Gasteiger partial charge in [-0.15, -0.1) is 0 Å². The highest BCUT2D eigenvalue weighted by molar-refractivity contribution is 9.09. The zero-order chi connectivity index (χ0) is 10.9. The monoisotopic (exact) mass is 275 g/mol. The zero-order valence-corrected chi connectivity index (χ0v) is 11.4. The molecule has 2 unspecified atom stereocenters. The smallest absolute Gasteiger partial charge is 0.0678 e. The van der Waals surface area contributed by atoms with Crippen LogP contribution in [0.1, 0.15) is 33.1 Å². The number of hydrogen-bond acceptors (Lipinski definition) is 2. The van der Waals surface area contributed by atoms with Gasteiger partial charge >= 0.3 is 0 Å². The van der Waals surface area contributed by atoms with Crippen molar-refractivity contribution in [3.05, 3.63) is 0 Å². The van der Waals surface area contributed by atoms with E-state index in [1.54, 1.807) is 0 Å². The Balaban J connectivity index is 1.87. The second-order valence-electron chi connectivity index (χ2n) is 5.44. The number of alkyl halides is 1. The molecule has 2 aliphatic rings. The minimum absolute atomic E-state index is 0.404. The molecule has 0 aromatic carbocycles. The highest BCUT2D eigenvalue weighted by atomic mass is 79.9. The molecule has 1 aliphatic carbocycles. The molecule has 1 aliphatic heterocycles. The maximum absolute atomic E-state index is 5.76. The summed E-state index contributed by atoms with van der Waals surface area (Å²) in [6, 6.07) is 0. The number of nitrogens with zero attached hydrogens (tertiary/aromatic N) is 1. The van der Waals surface area contributed by atoms with Gasteiger partial charge in [-0.2, -0.15) is 0 Å². The number of hydrogen-bond donors (Lipinski definition) is 0. The van der Waals surface area contributed by atoms with Crippen molar-refractivity contribution >= 4 is 15.9 Å². The van der Waals surface area contributed by atoms with E-state index >= 15 is 0 Å². The molecule has 0 aromatic rings. The van der Waals surface area contributed by atoms with E-state index in [-0.39, 0.29) is 0 Å². The standard InChI is InChI=1S/C12H22BrNO/c1-10-6-14(7-11(2)15-10)9-12(8-13)4-3-5-12/h10-11H,3-9H2,1-2H3. The highest BCUT2D eigenvalue weighted by Crippen LogP contribution is 2.43. The first-order chi connectivity index (χ1) is 7.13. The fraction of sp³-hybridized carbons (Fsp3) is 1.00. The largest absolute Gasteiger partial charge is 0.373 e. The van der Waals surface area contributed by atoms with E-state index in [0.717, 1.165) is 13.1 Å². The Morgan fingerprint density at radius 2 is 1.87 bits per heavy atom. The molecule has 3 heteroatoms. The minimum Gasteiger partial charge on any atom is -0.373 e. The van der Waals surface area contributed by atoms with Gasteiger partial charge in [0.2, 0.25) is 0 Å². The lowest BCUT2D eigenvalue weighted by Crippen LogP contribution is -2.51. The number of ether oxygens (including phenoxy) is 1. The van der Waals surface area contributed by atoms with E-state index in [0.29, 0.717) is 17.6 Å². The predicted molar refractivity (Wildman–Crippen MR) is 66.5 cm³/mol. The van der Waals surface area contributed by atoms with E-state index in [2.05, 4.69) is 34.7 Å². The van der Waals surface area contributed by atoms with Crippen LogP contribution in [0.3, 0.4) is 0 Å². The summed E-state index contributed by atoms with van der Waals surface area (Å²) in [6.07, 6.45) is 5.03. The minimum atomic E-state index is 0.404. The molecule has 0 N–H and O–H groups in total. The lowest BCUT2D eigenvalue weighted by atomic mass is 9.70. The second kappa shape index (κ2) is 4.72. The molecule has 1 saturated carbocycles. The lowest BCUT2D eigenvalue weighted by Gasteiger charge is -2.46. The highest BCUT2D eigenvalue weighted by Gasteiger charge is 2.38. The molecule has 15 heavy (non-hydrogen) atoms. The maximum Gasteiger partial charge on any atom is 0.0678 e. The van der Waals surface area contributed by atoms with Crippen molar-refractivity contribution < 1.29 is 4.74 Å². The van der Waals surface area contributed by atoms with Crippen molar-refractivity contribution in [2.45, 2.75) is 45.3 Å². The Kier molecular flexibility index (Phi) is 3.74. The van der Waals surface area contributed by atoms with Crippen molar-refractivity contribution in [3.8, 4) is 0 Å². The van der Waals surface area contributed by atoms with E-state index in [1.807, 2.05) is 0 Å². The first-order valence-electron chi connectivity index (χ1n) is 6.07. The van der Waals surface area contributed by atoms with E-state index in [4.69, 9.17) is 4.74 Å². The predicted octanol–water partition coefficient (Wildman–Crippen LogP) is 2.66. The summed E-state index contributed by atoms with van der Waals surface area (Å²) in [5.74, 6) is 0. The summed E-state index contributed by atoms with van der Waals surface area (Å²) < 4.78 is 5.76. The third-order valence-electron chi connectivity index (χ3n) is 3.75. The van der Waals surface area contributed by atoms with Crippen LogP contribution in [0.15, 0.2) is 0 Å². The second-order valence-corrected chi connectivity index (χ2v) is 6.00. The van der Waals surface area contributed by atoms with Gasteiger partial charge < -0.3 is 4.74 Å². The van der Waals surface area contributed by atoms with Crippen LogP contribution < -0.4 is 0 Å². The van der Waals surface area contributed by atoms with Gasteiger partial charge in [0.1, 0.15) is 0 Å². The van der Waals surface area contributed by atoms with Crippen LogP contribution in [0.25, 0.3) is 0 Å². The molecule has 0 amide bonds. The Hall–Kier alpha value is 0.400. The van der Waals surface area contributed by atoms with E-state index < -0.39 is 0 Å². The van der Waals surface area contributed by atoms with Crippen LogP contribution in [0.5, 0.6) is 0 Å². The number of halogens is 1. The van der Waals surface area contributed by atoms with Crippen LogP contribution in [0, 0.1) is 5.41 Å². The SMILES string of the molecule is CC1CN(CC2(CBr)CCC2)CC(C)O1. The Bertz CT molecular complexity index is 202. The summed E-state index contributed by atoms with van der Waals surface area (Å²) in [5.41, 5.74) is 0.580. The summed E-state index contributed by atoms with van der Waals surface area (Å²) >= 11 is 3.68. The molecule has 1 heterocycles. The molecule has 2 rings (SSSR count). The maximum atomic E-state index is 5.76. The van der Waals surface area contributed by atoms with Crippen LogP contribution >= 0.6 is 15.9 Å². The topological polar surface area (TPSA) is 12.5 Å². The molecule has 0 radical (unpaired) electrons. The van der Waals surface area contributed by atoms with Crippen LogP contribution in [-0.2, 0) is 4.74 Å². The van der Waals surface area contributed by atoms with Gasteiger partial charge in [0, 0.05) is 25.0 Å². The van der Waals surface area contributed by atoms with Crippen molar-refractivity contribution in [1.82, 2.24) is 4.90 Å². The van der Waals surface area contributed by atoms with E-state index in [9.17, 15) is 0 Å². The summed E-state index contributed by atoms with van der Waals surface area (Å²) in [7, 11) is 0. The summed E-state index contributed by atoms with van der Waals surface area (Å²) in [6.45, 7) is 7.85. The first-order valence-corrected chi connectivity index (χ1v) is 7.19. The average molecular weight is 276 g/mol. The Labute approximate surface area is 101 Å². The van der Waals surface area contributed by atoms with Crippen LogP contribution in [-0.4, -0.2) is 42.1 Å². The number of rotatable bonds is 3. The van der Waals surface area contributed by atoms with Gasteiger partial charge in [-0.05, 0) is 32.1 Å². The molecule has 1 saturated heterocycles. The molecular weight excluding hydrogens is 254 g/mol.